The van der Waals surface area contributed by atoms with Gasteiger partial charge in [-0.05, 0) is 31.3 Å². The molecule has 0 radical (unpaired) electrons. The van der Waals surface area contributed by atoms with Crippen LogP contribution in [-0.2, 0) is 6.54 Å². The molecular weight excluding hydrogens is 287 g/mol. The molecule has 1 heterocycles. The van der Waals surface area contributed by atoms with E-state index in [1.807, 2.05) is 37.5 Å². The molecule has 0 aliphatic heterocycles. The van der Waals surface area contributed by atoms with Crippen molar-refractivity contribution in [2.24, 2.45) is 0 Å². The Morgan fingerprint density at radius 3 is 2.71 bits per heavy atom. The summed E-state index contributed by atoms with van der Waals surface area (Å²) in [5.41, 5.74) is 2.54. The molecule has 0 saturated carbocycles. The minimum atomic E-state index is -0.217. The van der Waals surface area contributed by atoms with Gasteiger partial charge in [0, 0.05) is 46.3 Å². The molecule has 2 aromatic carbocycles. The number of aromatic nitrogens is 1. The van der Waals surface area contributed by atoms with E-state index in [1.165, 1.54) is 6.07 Å². The molecular formula is C17H16ClFN2. The number of hydrogen-bond donors (Lipinski definition) is 1. The molecule has 108 valence electrons. The molecule has 3 aromatic rings. The first-order valence-corrected chi connectivity index (χ1v) is 7.26. The third kappa shape index (κ3) is 2.67. The van der Waals surface area contributed by atoms with Crippen molar-refractivity contribution in [3.63, 3.8) is 0 Å². The summed E-state index contributed by atoms with van der Waals surface area (Å²) in [6.45, 7) is 1.67. The van der Waals surface area contributed by atoms with Crippen LogP contribution in [0.15, 0.2) is 48.7 Å². The molecule has 1 aromatic heterocycles. The highest BCUT2D eigenvalue weighted by Crippen LogP contribution is 2.33. The summed E-state index contributed by atoms with van der Waals surface area (Å²) in [6, 6.07) is 12.6. The van der Waals surface area contributed by atoms with Gasteiger partial charge in [-0.15, -0.1) is 0 Å². The molecule has 4 heteroatoms. The average Bonchev–Trinajstić information content (AvgIpc) is 2.83. The molecule has 3 rings (SSSR count). The predicted molar refractivity (Wildman–Crippen MR) is 86.3 cm³/mol. The fraction of sp³-hybridized carbons (Fsp3) is 0.176. The summed E-state index contributed by atoms with van der Waals surface area (Å²) in [7, 11) is 1.92. The van der Waals surface area contributed by atoms with Crippen molar-refractivity contribution in [2.45, 2.75) is 6.54 Å². The Balaban J connectivity index is 2.22. The molecule has 2 nitrogen and oxygen atoms in total. The number of nitrogens with one attached hydrogen (secondary N) is 1. The maximum absolute atomic E-state index is 14.1. The van der Waals surface area contributed by atoms with Gasteiger partial charge >= 0.3 is 0 Å². The monoisotopic (exact) mass is 302 g/mol. The van der Waals surface area contributed by atoms with Crippen LogP contribution in [-0.4, -0.2) is 18.2 Å². The Hall–Kier alpha value is -1.84. The summed E-state index contributed by atoms with van der Waals surface area (Å²) < 4.78 is 16.2. The van der Waals surface area contributed by atoms with E-state index in [0.29, 0.717) is 10.6 Å². The smallest absolute Gasteiger partial charge is 0.131 e. The first-order valence-electron chi connectivity index (χ1n) is 6.88. The molecule has 0 aliphatic carbocycles. The van der Waals surface area contributed by atoms with E-state index in [4.69, 9.17) is 11.6 Å². The van der Waals surface area contributed by atoms with Crippen molar-refractivity contribution in [1.29, 1.82) is 0 Å². The highest BCUT2D eigenvalue weighted by Gasteiger charge is 2.13. The summed E-state index contributed by atoms with van der Waals surface area (Å²) in [5, 5.41) is 4.77. The minimum Gasteiger partial charge on any atom is -0.346 e. The van der Waals surface area contributed by atoms with Crippen LogP contribution in [0.4, 0.5) is 4.39 Å². The lowest BCUT2D eigenvalue weighted by Gasteiger charge is -2.04. The van der Waals surface area contributed by atoms with E-state index >= 15 is 0 Å². The molecule has 1 N–H and O–H groups in total. The first-order chi connectivity index (χ1) is 10.2. The number of rotatable bonds is 4. The van der Waals surface area contributed by atoms with E-state index in [2.05, 4.69) is 9.88 Å². The number of halogens is 2. The molecule has 0 bridgehead atoms. The lowest BCUT2D eigenvalue weighted by Crippen LogP contribution is -2.14. The molecule has 21 heavy (non-hydrogen) atoms. The number of hydrogen-bond acceptors (Lipinski definition) is 1. The summed E-state index contributed by atoms with van der Waals surface area (Å²) in [6.07, 6.45) is 2.00. The molecule has 0 saturated heterocycles. The Morgan fingerprint density at radius 1 is 1.14 bits per heavy atom. The molecule has 0 amide bonds. The van der Waals surface area contributed by atoms with Crippen molar-refractivity contribution in [3.05, 3.63) is 59.5 Å². The van der Waals surface area contributed by atoms with Crippen LogP contribution in [0.25, 0.3) is 22.0 Å². The van der Waals surface area contributed by atoms with Gasteiger partial charge in [0.05, 0.1) is 0 Å². The van der Waals surface area contributed by atoms with E-state index in [0.717, 1.165) is 29.6 Å². The Labute approximate surface area is 128 Å². The molecule has 0 atom stereocenters. The Morgan fingerprint density at radius 2 is 1.95 bits per heavy atom. The van der Waals surface area contributed by atoms with Crippen molar-refractivity contribution in [3.8, 4) is 11.1 Å². The van der Waals surface area contributed by atoms with E-state index in [1.54, 1.807) is 12.1 Å². The zero-order valence-electron chi connectivity index (χ0n) is 11.7. The molecule has 0 aliphatic rings. The predicted octanol–water partition coefficient (Wildman–Crippen LogP) is 4.32. The van der Waals surface area contributed by atoms with Crippen LogP contribution in [0, 0.1) is 5.82 Å². The number of benzene rings is 2. The van der Waals surface area contributed by atoms with Crippen molar-refractivity contribution in [1.82, 2.24) is 9.88 Å². The third-order valence-electron chi connectivity index (χ3n) is 3.61. The van der Waals surface area contributed by atoms with Crippen LogP contribution in [0.2, 0.25) is 5.02 Å². The number of nitrogens with zero attached hydrogens (tertiary/aromatic N) is 1. The molecule has 0 unspecified atom stereocenters. The zero-order valence-corrected chi connectivity index (χ0v) is 12.5. The Kier molecular flexibility index (Phi) is 3.95. The van der Waals surface area contributed by atoms with Crippen LogP contribution in [0.1, 0.15) is 0 Å². The second kappa shape index (κ2) is 5.88. The van der Waals surface area contributed by atoms with Gasteiger partial charge < -0.3 is 9.88 Å². The average molecular weight is 303 g/mol. The van der Waals surface area contributed by atoms with Crippen LogP contribution >= 0.6 is 11.6 Å². The van der Waals surface area contributed by atoms with E-state index in [9.17, 15) is 4.39 Å². The van der Waals surface area contributed by atoms with Crippen molar-refractivity contribution in [2.75, 3.05) is 13.6 Å². The zero-order chi connectivity index (χ0) is 14.8. The van der Waals surface area contributed by atoms with Gasteiger partial charge in [-0.3, -0.25) is 0 Å². The van der Waals surface area contributed by atoms with Crippen LogP contribution in [0.5, 0.6) is 0 Å². The van der Waals surface area contributed by atoms with E-state index < -0.39 is 0 Å². The molecule has 0 fully saturated rings. The van der Waals surface area contributed by atoms with Gasteiger partial charge in [0.2, 0.25) is 0 Å². The second-order valence-electron chi connectivity index (χ2n) is 4.98. The maximum Gasteiger partial charge on any atom is 0.131 e. The third-order valence-corrected chi connectivity index (χ3v) is 3.84. The largest absolute Gasteiger partial charge is 0.346 e. The lowest BCUT2D eigenvalue weighted by molar-refractivity contribution is 0.631. The van der Waals surface area contributed by atoms with Gasteiger partial charge in [0.25, 0.3) is 0 Å². The van der Waals surface area contributed by atoms with Gasteiger partial charge in [-0.1, -0.05) is 29.8 Å². The van der Waals surface area contributed by atoms with Gasteiger partial charge in [0.15, 0.2) is 0 Å². The van der Waals surface area contributed by atoms with Crippen molar-refractivity contribution >= 4 is 22.5 Å². The summed E-state index contributed by atoms with van der Waals surface area (Å²) in [4.78, 5) is 0. The molecule has 0 spiro atoms. The quantitative estimate of drug-likeness (QED) is 0.759. The number of fused-ring (bicyclic) bond motifs is 1. The number of likely N-dealkylation sites (N-methyl/N-ethyl adjacent to an activating group) is 1. The van der Waals surface area contributed by atoms with Gasteiger partial charge in [-0.2, -0.15) is 0 Å². The van der Waals surface area contributed by atoms with E-state index in [-0.39, 0.29) is 5.82 Å². The lowest BCUT2D eigenvalue weighted by atomic mass is 10.0. The minimum absolute atomic E-state index is 0.217. The van der Waals surface area contributed by atoms with Crippen LogP contribution in [0.3, 0.4) is 0 Å². The fourth-order valence-electron chi connectivity index (χ4n) is 2.58. The fourth-order valence-corrected chi connectivity index (χ4v) is 2.75. The summed E-state index contributed by atoms with van der Waals surface area (Å²) in [5.74, 6) is -0.217. The van der Waals surface area contributed by atoms with Crippen molar-refractivity contribution < 1.29 is 4.39 Å². The van der Waals surface area contributed by atoms with Gasteiger partial charge in [0.1, 0.15) is 5.82 Å². The highest BCUT2D eigenvalue weighted by molar-refractivity contribution is 6.31. The van der Waals surface area contributed by atoms with Crippen LogP contribution < -0.4 is 5.32 Å². The first kappa shape index (κ1) is 14.1. The highest BCUT2D eigenvalue weighted by atomic mass is 35.5. The standard InChI is InChI=1S/C17H16ClFN2/c1-20-8-9-21-11-15(13-4-2-3-5-16(13)19)14-10-12(18)6-7-17(14)21/h2-7,10-11,20H,8-9H2,1H3. The summed E-state index contributed by atoms with van der Waals surface area (Å²) >= 11 is 6.12. The van der Waals surface area contributed by atoms with Gasteiger partial charge in [-0.25, -0.2) is 4.39 Å². The normalized spacial score (nSPS) is 11.2. The second-order valence-corrected chi connectivity index (χ2v) is 5.42. The SMILES string of the molecule is CNCCn1cc(-c2ccccc2F)c2cc(Cl)ccc21. The maximum atomic E-state index is 14.1. The topological polar surface area (TPSA) is 17.0 Å². The Bertz CT molecular complexity index is 780.